The van der Waals surface area contributed by atoms with Gasteiger partial charge in [0.2, 0.25) is 11.0 Å². The number of benzene rings is 1. The molecule has 0 radical (unpaired) electrons. The smallest absolute Gasteiger partial charge is 0.320 e. The number of nitrogens with two attached hydrogens (primary N) is 1. The van der Waals surface area contributed by atoms with E-state index >= 15 is 0 Å². The monoisotopic (exact) mass is 381 g/mol. The number of allylic oxidation sites excluding steroid dienone is 1. The minimum atomic E-state index is -0.0238. The van der Waals surface area contributed by atoms with Crippen molar-refractivity contribution < 1.29 is 9.47 Å². The maximum atomic E-state index is 5.72. The zero-order valence-corrected chi connectivity index (χ0v) is 16.1. The van der Waals surface area contributed by atoms with Crippen molar-refractivity contribution >= 4 is 22.0 Å². The molecule has 1 aliphatic carbocycles. The number of ether oxygens (including phenoxy) is 2. The minimum absolute atomic E-state index is 0.0238. The van der Waals surface area contributed by atoms with Gasteiger partial charge in [-0.05, 0) is 37.5 Å². The summed E-state index contributed by atoms with van der Waals surface area (Å²) in [7, 11) is 1.58. The summed E-state index contributed by atoms with van der Waals surface area (Å²) in [6.07, 6.45) is 2.98. The molecule has 4 rings (SSSR count). The van der Waals surface area contributed by atoms with Gasteiger partial charge in [-0.2, -0.15) is 9.97 Å². The number of nitrogen functional groups attached to an aromatic ring is 1. The molecule has 1 aromatic carbocycles. The first-order valence-corrected chi connectivity index (χ1v) is 9.38. The van der Waals surface area contributed by atoms with Crippen molar-refractivity contribution in [3.05, 3.63) is 47.2 Å². The fraction of sp³-hybridized carbons (Fsp3) is 0.263. The lowest BCUT2D eigenvalue weighted by Crippen LogP contribution is -2.10. The van der Waals surface area contributed by atoms with Crippen LogP contribution in [0.2, 0.25) is 0 Å². The van der Waals surface area contributed by atoms with E-state index in [2.05, 4.69) is 38.4 Å². The largest absolute Gasteiger partial charge is 0.481 e. The van der Waals surface area contributed by atoms with Gasteiger partial charge >= 0.3 is 6.01 Å². The fourth-order valence-electron chi connectivity index (χ4n) is 2.96. The third kappa shape index (κ3) is 3.48. The molecule has 138 valence electrons. The van der Waals surface area contributed by atoms with Crippen LogP contribution in [0.5, 0.6) is 11.9 Å². The predicted molar refractivity (Wildman–Crippen MR) is 105 cm³/mol. The van der Waals surface area contributed by atoms with E-state index in [0.717, 1.165) is 33.8 Å². The Bertz CT molecular complexity index is 1030. The molecule has 0 saturated carbocycles. The number of fused-ring (bicyclic) bond motifs is 1. The Morgan fingerprint density at radius 1 is 1.15 bits per heavy atom. The quantitative estimate of drug-likeness (QED) is 0.724. The van der Waals surface area contributed by atoms with Gasteiger partial charge in [-0.15, -0.1) is 10.2 Å². The molecule has 2 aromatic heterocycles. The average molecular weight is 381 g/mol. The Morgan fingerprint density at radius 3 is 2.70 bits per heavy atom. The molecule has 27 heavy (non-hydrogen) atoms. The Balaban J connectivity index is 1.75. The summed E-state index contributed by atoms with van der Waals surface area (Å²) in [6.45, 7) is 3.87. The molecule has 8 heteroatoms. The molecule has 3 aromatic rings. The van der Waals surface area contributed by atoms with E-state index in [1.54, 1.807) is 7.11 Å². The van der Waals surface area contributed by atoms with Gasteiger partial charge in [-0.25, -0.2) is 0 Å². The summed E-state index contributed by atoms with van der Waals surface area (Å²) in [5, 5.41) is 9.30. The van der Waals surface area contributed by atoms with Crippen molar-refractivity contribution in [3.63, 3.8) is 0 Å². The van der Waals surface area contributed by atoms with Crippen LogP contribution in [0.15, 0.2) is 30.3 Å². The molecule has 0 unspecified atom stereocenters. The maximum Gasteiger partial charge on any atom is 0.320 e. The normalized spacial score (nSPS) is 12.8. The average Bonchev–Trinajstić information content (AvgIpc) is 3.26. The minimum Gasteiger partial charge on any atom is -0.481 e. The summed E-state index contributed by atoms with van der Waals surface area (Å²) >= 11 is 1.37. The van der Waals surface area contributed by atoms with Gasteiger partial charge in [-0.3, -0.25) is 0 Å². The summed E-state index contributed by atoms with van der Waals surface area (Å²) in [5.41, 5.74) is 10.8. The molecule has 0 fully saturated rings. The molecule has 0 amide bonds. The molecule has 0 spiro atoms. The summed E-state index contributed by atoms with van der Waals surface area (Å²) < 4.78 is 11.0. The zero-order chi connectivity index (χ0) is 19.0. The number of nitrogens with zero attached hydrogens (tertiary/aromatic N) is 4. The van der Waals surface area contributed by atoms with Crippen LogP contribution in [0.25, 0.3) is 16.1 Å². The number of methoxy groups -OCH3 is 1. The Labute approximate surface area is 160 Å². The highest BCUT2D eigenvalue weighted by molar-refractivity contribution is 7.18. The van der Waals surface area contributed by atoms with E-state index in [0.29, 0.717) is 17.0 Å². The summed E-state index contributed by atoms with van der Waals surface area (Å²) in [4.78, 5) is 8.86. The molecular formula is C19H19N5O2S. The Kier molecular flexibility index (Phi) is 4.49. The highest BCUT2D eigenvalue weighted by atomic mass is 32.1. The highest BCUT2D eigenvalue weighted by Crippen LogP contribution is 2.37. The van der Waals surface area contributed by atoms with E-state index < -0.39 is 0 Å². The Hall–Kier alpha value is -3.00. The van der Waals surface area contributed by atoms with E-state index in [4.69, 9.17) is 15.2 Å². The van der Waals surface area contributed by atoms with Gasteiger partial charge in [0.1, 0.15) is 5.01 Å². The van der Waals surface area contributed by atoms with Crippen molar-refractivity contribution in [2.45, 2.75) is 26.4 Å². The summed E-state index contributed by atoms with van der Waals surface area (Å²) in [5.74, 6) is 0.470. The van der Waals surface area contributed by atoms with Crippen LogP contribution < -0.4 is 15.2 Å². The van der Waals surface area contributed by atoms with Crippen molar-refractivity contribution in [2.75, 3.05) is 12.8 Å². The second-order valence-electron chi connectivity index (χ2n) is 6.38. The van der Waals surface area contributed by atoms with Gasteiger partial charge in [0.25, 0.3) is 0 Å². The predicted octanol–water partition coefficient (Wildman–Crippen LogP) is 3.36. The Morgan fingerprint density at radius 2 is 2.00 bits per heavy atom. The van der Waals surface area contributed by atoms with Gasteiger partial charge in [0, 0.05) is 17.2 Å². The molecule has 0 aliphatic heterocycles. The molecule has 2 heterocycles. The van der Waals surface area contributed by atoms with Gasteiger partial charge in [0.05, 0.1) is 18.9 Å². The van der Waals surface area contributed by atoms with Crippen LogP contribution in [-0.4, -0.2) is 33.4 Å². The van der Waals surface area contributed by atoms with Crippen LogP contribution in [-0.2, 0) is 6.42 Å². The van der Waals surface area contributed by atoms with Gasteiger partial charge < -0.3 is 15.2 Å². The standard InChI is InChI=1S/C19H19N5O2S/c1-10(2)26-19-21-15(9-16(22-19)25-3)13-7-6-11-4-5-12(8-14(11)13)17-23-24-18(20)27-17/h4-5,7-10H,6H2,1-3H3,(H2,20,24). The lowest BCUT2D eigenvalue weighted by Gasteiger charge is -2.12. The molecule has 0 saturated heterocycles. The van der Waals surface area contributed by atoms with E-state index in [1.165, 1.54) is 16.9 Å². The first-order chi connectivity index (χ1) is 13.0. The number of hydrogen-bond donors (Lipinski definition) is 1. The van der Waals surface area contributed by atoms with Crippen molar-refractivity contribution in [1.82, 2.24) is 20.2 Å². The second-order valence-corrected chi connectivity index (χ2v) is 7.39. The van der Waals surface area contributed by atoms with Gasteiger partial charge in [0.15, 0.2) is 0 Å². The van der Waals surface area contributed by atoms with Crippen LogP contribution in [0, 0.1) is 0 Å². The number of anilines is 1. The van der Waals surface area contributed by atoms with Crippen molar-refractivity contribution in [2.24, 2.45) is 0 Å². The van der Waals surface area contributed by atoms with E-state index in [9.17, 15) is 0 Å². The van der Waals surface area contributed by atoms with Crippen LogP contribution >= 0.6 is 11.3 Å². The van der Waals surface area contributed by atoms with Crippen molar-refractivity contribution in [1.29, 1.82) is 0 Å². The fourth-order valence-corrected chi connectivity index (χ4v) is 3.57. The van der Waals surface area contributed by atoms with Gasteiger partial charge in [-0.1, -0.05) is 29.5 Å². The summed E-state index contributed by atoms with van der Waals surface area (Å²) in [6, 6.07) is 8.39. The van der Waals surface area contributed by atoms with E-state index in [1.807, 2.05) is 26.0 Å². The number of aromatic nitrogens is 4. The highest BCUT2D eigenvalue weighted by Gasteiger charge is 2.20. The van der Waals surface area contributed by atoms with E-state index in [-0.39, 0.29) is 6.10 Å². The first-order valence-electron chi connectivity index (χ1n) is 8.56. The lowest BCUT2D eigenvalue weighted by atomic mass is 10.0. The lowest BCUT2D eigenvalue weighted by molar-refractivity contribution is 0.218. The third-order valence-electron chi connectivity index (χ3n) is 4.12. The first kappa shape index (κ1) is 17.4. The molecule has 7 nitrogen and oxygen atoms in total. The maximum absolute atomic E-state index is 5.72. The zero-order valence-electron chi connectivity index (χ0n) is 15.3. The van der Waals surface area contributed by atoms with Crippen LogP contribution in [0.3, 0.4) is 0 Å². The van der Waals surface area contributed by atoms with Crippen LogP contribution in [0.1, 0.15) is 30.7 Å². The second kappa shape index (κ2) is 6.96. The number of rotatable bonds is 5. The third-order valence-corrected chi connectivity index (χ3v) is 4.92. The number of hydrogen-bond acceptors (Lipinski definition) is 8. The van der Waals surface area contributed by atoms with Crippen molar-refractivity contribution in [3.8, 4) is 22.5 Å². The molecule has 2 N–H and O–H groups in total. The topological polar surface area (TPSA) is 96.0 Å². The SMILES string of the molecule is COc1cc(C2=CCc3ccc(-c4nnc(N)s4)cc32)nc(OC(C)C)n1. The molecule has 0 bridgehead atoms. The van der Waals surface area contributed by atoms with Crippen LogP contribution in [0.4, 0.5) is 5.13 Å². The molecule has 0 atom stereocenters. The molecule has 1 aliphatic rings. The molecular weight excluding hydrogens is 362 g/mol.